The molecule has 10 heteroatoms. The number of halogens is 3. The summed E-state index contributed by atoms with van der Waals surface area (Å²) in [4.78, 5) is 13.8. The van der Waals surface area contributed by atoms with Gasteiger partial charge in [0, 0.05) is 5.88 Å². The fourth-order valence-corrected chi connectivity index (χ4v) is 9.88. The van der Waals surface area contributed by atoms with Gasteiger partial charge in [0.1, 0.15) is 0 Å². The SMILES string of the molecule is O=C(OCCCCCCCCCCCCl)C(F)(F)S(=O)(=O)[OH+]S(c1ccccc1)(c1ccccc1)c1ccccc1. The molecule has 0 saturated carbocycles. The number of carbonyl (C=O) groups is 1. The predicted molar refractivity (Wildman–Crippen MR) is 161 cm³/mol. The van der Waals surface area contributed by atoms with Gasteiger partial charge in [-0.15, -0.1) is 20.0 Å². The maximum Gasteiger partial charge on any atom is 0.514 e. The van der Waals surface area contributed by atoms with Crippen LogP contribution in [0.15, 0.2) is 106 Å². The third-order valence-corrected chi connectivity index (χ3v) is 12.2. The van der Waals surface area contributed by atoms with E-state index in [2.05, 4.69) is 3.63 Å². The molecule has 0 unspecified atom stereocenters. The Morgan fingerprint density at radius 2 is 1.02 bits per heavy atom. The number of hydrogen-bond acceptors (Lipinski definition) is 4. The maximum atomic E-state index is 15.3. The highest BCUT2D eigenvalue weighted by Crippen LogP contribution is 2.68. The van der Waals surface area contributed by atoms with E-state index < -0.39 is 31.7 Å². The lowest BCUT2D eigenvalue weighted by molar-refractivity contribution is -0.161. The van der Waals surface area contributed by atoms with E-state index in [1.54, 1.807) is 91.0 Å². The fourth-order valence-electron chi connectivity index (χ4n) is 4.37. The third kappa shape index (κ3) is 8.77. The average molecular weight is 628 g/mol. The molecular formula is C31H38ClF2O5S2+. The molecular weight excluding hydrogens is 590 g/mol. The Kier molecular flexibility index (Phi) is 13.1. The number of esters is 1. The molecule has 41 heavy (non-hydrogen) atoms. The van der Waals surface area contributed by atoms with Gasteiger partial charge in [0.05, 0.1) is 31.6 Å². The Labute approximate surface area is 248 Å². The zero-order valence-corrected chi connectivity index (χ0v) is 25.4. The molecule has 3 aromatic carbocycles. The first-order valence-corrected chi connectivity index (χ1v) is 17.4. The van der Waals surface area contributed by atoms with E-state index in [1.807, 2.05) is 0 Å². The van der Waals surface area contributed by atoms with Gasteiger partial charge in [-0.1, -0.05) is 99.5 Å². The van der Waals surface area contributed by atoms with Crippen LogP contribution in [0.5, 0.6) is 0 Å². The zero-order valence-electron chi connectivity index (χ0n) is 23.0. The summed E-state index contributed by atoms with van der Waals surface area (Å²) in [7, 11) is -8.79. The molecule has 3 rings (SSSR count). The van der Waals surface area contributed by atoms with E-state index in [1.165, 1.54) is 0 Å². The van der Waals surface area contributed by atoms with E-state index in [9.17, 15) is 13.2 Å². The van der Waals surface area contributed by atoms with Crippen LogP contribution in [-0.4, -0.2) is 35.8 Å². The van der Waals surface area contributed by atoms with Crippen LogP contribution in [-0.2, 0) is 19.6 Å². The molecule has 224 valence electrons. The van der Waals surface area contributed by atoms with Crippen molar-refractivity contribution in [2.45, 2.75) is 77.7 Å². The van der Waals surface area contributed by atoms with Gasteiger partial charge < -0.3 is 4.74 Å². The Bertz CT molecular complexity index is 1200. The molecule has 1 N–H and O–H groups in total. The molecule has 0 amide bonds. The molecule has 3 aromatic rings. The molecule has 0 saturated heterocycles. The first kappa shape index (κ1) is 33.0. The lowest BCUT2D eigenvalue weighted by Crippen LogP contribution is -2.42. The van der Waals surface area contributed by atoms with Crippen LogP contribution >= 0.6 is 21.9 Å². The molecule has 0 heterocycles. The van der Waals surface area contributed by atoms with Crippen molar-refractivity contribution < 1.29 is 30.4 Å². The quantitative estimate of drug-likeness (QED) is 0.0463. The van der Waals surface area contributed by atoms with Gasteiger partial charge in [0.2, 0.25) is 0 Å². The average Bonchev–Trinajstić information content (AvgIpc) is 2.99. The van der Waals surface area contributed by atoms with Crippen molar-refractivity contribution in [1.82, 2.24) is 0 Å². The molecule has 0 aliphatic heterocycles. The van der Waals surface area contributed by atoms with Crippen molar-refractivity contribution in [1.29, 1.82) is 0 Å². The zero-order chi connectivity index (χ0) is 29.6. The summed E-state index contributed by atoms with van der Waals surface area (Å²) < 4.78 is 66.0. The van der Waals surface area contributed by atoms with Gasteiger partial charge in [-0.05, 0) is 49.2 Å². The van der Waals surface area contributed by atoms with Gasteiger partial charge in [-0.3, -0.25) is 3.63 Å². The van der Waals surface area contributed by atoms with Crippen molar-refractivity contribution in [3.8, 4) is 0 Å². The van der Waals surface area contributed by atoms with Gasteiger partial charge in [0.25, 0.3) is 0 Å². The molecule has 0 bridgehead atoms. The molecule has 0 fully saturated rings. The van der Waals surface area contributed by atoms with Crippen LogP contribution in [0.4, 0.5) is 8.78 Å². The van der Waals surface area contributed by atoms with E-state index in [0.29, 0.717) is 33.4 Å². The molecule has 0 spiro atoms. The number of alkyl halides is 3. The minimum absolute atomic E-state index is 0.284. The molecule has 0 aliphatic rings. The van der Waals surface area contributed by atoms with Gasteiger partial charge in [-0.25, -0.2) is 4.79 Å². The number of benzene rings is 3. The summed E-state index contributed by atoms with van der Waals surface area (Å²) in [6, 6.07) is 25.3. The summed E-state index contributed by atoms with van der Waals surface area (Å²) in [6.45, 7) is -0.284. The number of carbonyl (C=O) groups excluding carboxylic acids is 1. The molecule has 0 radical (unpaired) electrons. The van der Waals surface area contributed by atoms with Crippen LogP contribution in [0, 0.1) is 0 Å². The number of hydrogen-bond donors (Lipinski definition) is 0. The van der Waals surface area contributed by atoms with Crippen molar-refractivity contribution in [3.05, 3.63) is 91.0 Å². The fraction of sp³-hybridized carbons (Fsp3) is 0.387. The number of unbranched alkanes of at least 4 members (excludes halogenated alkanes) is 8. The summed E-state index contributed by atoms with van der Waals surface area (Å²) in [6.07, 6.45) is 8.43. The van der Waals surface area contributed by atoms with Crippen molar-refractivity contribution >= 4 is 38.0 Å². The van der Waals surface area contributed by atoms with Crippen LogP contribution in [0.25, 0.3) is 0 Å². The minimum Gasteiger partial charge on any atom is -0.460 e. The number of rotatable bonds is 18. The summed E-state index contributed by atoms with van der Waals surface area (Å²) >= 11 is 5.67. The summed E-state index contributed by atoms with van der Waals surface area (Å²) in [5.74, 6) is -1.43. The number of ether oxygens (including phenoxy) is 1. The predicted octanol–water partition coefficient (Wildman–Crippen LogP) is 9.19. The van der Waals surface area contributed by atoms with Crippen LogP contribution < -0.4 is 0 Å². The van der Waals surface area contributed by atoms with E-state index in [4.69, 9.17) is 16.3 Å². The lowest BCUT2D eigenvalue weighted by Gasteiger charge is -2.35. The normalized spacial score (nSPS) is 12.7. The largest absolute Gasteiger partial charge is 0.514 e. The van der Waals surface area contributed by atoms with Crippen molar-refractivity contribution in [2.75, 3.05) is 12.5 Å². The lowest BCUT2D eigenvalue weighted by atomic mass is 10.1. The smallest absolute Gasteiger partial charge is 0.460 e. The third-order valence-electron chi connectivity index (χ3n) is 6.54. The second kappa shape index (κ2) is 16.2. The first-order chi connectivity index (χ1) is 19.8. The second-order valence-electron chi connectivity index (χ2n) is 9.59. The standard InChI is InChI=1S/C31H37ClF2O5S2/c32-25-17-6-4-2-1-3-5-7-18-26-38-30(35)31(33,34)41(36,37)39-40(27-19-11-8-12-20-27,28-21-13-9-14-22-28)29-23-15-10-16-24-29/h8-16,19-24H,1-7,17-18,25-26H2/p+1. The van der Waals surface area contributed by atoms with Gasteiger partial charge >= 0.3 is 21.3 Å². The first-order valence-electron chi connectivity index (χ1n) is 13.8. The molecule has 5 nitrogen and oxygen atoms in total. The van der Waals surface area contributed by atoms with E-state index >= 15 is 8.78 Å². The van der Waals surface area contributed by atoms with Crippen LogP contribution in [0.2, 0.25) is 0 Å². The second-order valence-corrected chi connectivity index (χ2v) is 14.6. The topological polar surface area (TPSA) is 73.2 Å². The highest BCUT2D eigenvalue weighted by atomic mass is 35.5. The highest BCUT2D eigenvalue weighted by molar-refractivity contribution is 8.32. The Hall–Kier alpha value is -2.46. The molecule has 0 aliphatic carbocycles. The maximum absolute atomic E-state index is 15.3. The Balaban J connectivity index is 1.73. The van der Waals surface area contributed by atoms with Crippen molar-refractivity contribution in [3.63, 3.8) is 0 Å². The van der Waals surface area contributed by atoms with E-state index in [0.717, 1.165) is 44.9 Å². The van der Waals surface area contributed by atoms with Crippen LogP contribution in [0.3, 0.4) is 0 Å². The van der Waals surface area contributed by atoms with Crippen molar-refractivity contribution in [2.24, 2.45) is 0 Å². The highest BCUT2D eigenvalue weighted by Gasteiger charge is 2.63. The minimum atomic E-state index is -5.68. The summed E-state index contributed by atoms with van der Waals surface area (Å²) in [5.41, 5.74) is 0. The summed E-state index contributed by atoms with van der Waals surface area (Å²) in [5, 5.41) is -4.85. The van der Waals surface area contributed by atoms with Gasteiger partial charge in [-0.2, -0.15) is 8.78 Å². The molecule has 0 aromatic heterocycles. The van der Waals surface area contributed by atoms with Crippen LogP contribution in [0.1, 0.15) is 57.8 Å². The molecule has 0 atom stereocenters. The monoisotopic (exact) mass is 627 g/mol. The Morgan fingerprint density at radius 1 is 0.659 bits per heavy atom. The van der Waals surface area contributed by atoms with E-state index in [-0.39, 0.29) is 6.61 Å². The Morgan fingerprint density at radius 3 is 1.41 bits per heavy atom. The van der Waals surface area contributed by atoms with Gasteiger partial charge in [0.15, 0.2) is 0 Å².